The molecule has 0 saturated carbocycles. The Bertz CT molecular complexity index is 1000. The molecule has 0 bridgehead atoms. The maximum absolute atomic E-state index is 13.8. The predicted octanol–water partition coefficient (Wildman–Crippen LogP) is 2.85. The molecule has 2 nitrogen and oxygen atoms in total. The fraction of sp³-hybridized carbons (Fsp3) is 0.0769. The third-order valence-electron chi connectivity index (χ3n) is 5.73. The van der Waals surface area contributed by atoms with Gasteiger partial charge < -0.3 is 4.12 Å². The smallest absolute Gasteiger partial charge is 0.381 e. The normalized spacial score (nSPS) is 12.5. The molecule has 1 radical (unpaired) electrons. The van der Waals surface area contributed by atoms with Crippen molar-refractivity contribution in [1.82, 2.24) is 0 Å². The van der Waals surface area contributed by atoms with Gasteiger partial charge >= 0.3 is 9.28 Å². The van der Waals surface area contributed by atoms with E-state index in [1.807, 2.05) is 73.7 Å². The molecule has 0 amide bonds. The fourth-order valence-electron chi connectivity index (χ4n) is 3.98. The van der Waals surface area contributed by atoms with E-state index in [0.717, 1.165) is 31.9 Å². The van der Waals surface area contributed by atoms with Gasteiger partial charge in [0.15, 0.2) is 0 Å². The lowest BCUT2D eigenvalue weighted by Gasteiger charge is -2.35. The summed E-state index contributed by atoms with van der Waals surface area (Å²) in [5.74, 6) is 0. The van der Waals surface area contributed by atoms with Crippen LogP contribution in [0.15, 0.2) is 109 Å². The molecule has 4 aromatic carbocycles. The zero-order valence-electron chi connectivity index (χ0n) is 17.3. The second-order valence-electron chi connectivity index (χ2n) is 7.52. The molecule has 1 atom stereocenters. The van der Waals surface area contributed by atoms with Crippen LogP contribution in [-0.2, 0) is 8.91 Å². The lowest BCUT2D eigenvalue weighted by molar-refractivity contribution is 0.362. The van der Waals surface area contributed by atoms with Crippen molar-refractivity contribution in [2.24, 2.45) is 0 Å². The van der Waals surface area contributed by atoms with Crippen LogP contribution in [0.4, 0.5) is 0 Å². The minimum atomic E-state index is -2.96. The molecule has 0 aliphatic rings. The van der Waals surface area contributed by atoms with Crippen LogP contribution in [0.2, 0.25) is 0 Å². The molecule has 0 saturated heterocycles. The molecule has 0 heterocycles. The van der Waals surface area contributed by atoms with Gasteiger partial charge in [-0.3, -0.25) is 4.80 Å². The van der Waals surface area contributed by atoms with E-state index in [4.69, 9.17) is 4.12 Å². The Morgan fingerprint density at radius 1 is 0.600 bits per heavy atom. The summed E-state index contributed by atoms with van der Waals surface area (Å²) in [6, 6.07) is 36.8. The molecule has 0 aliphatic heterocycles. The summed E-state index contributed by atoms with van der Waals surface area (Å²) in [6.45, 7) is 4.08. The van der Waals surface area contributed by atoms with E-state index in [0.29, 0.717) is 0 Å². The van der Waals surface area contributed by atoms with Gasteiger partial charge in [0, 0.05) is 0 Å². The van der Waals surface area contributed by atoms with Gasteiger partial charge in [-0.1, -0.05) is 109 Å². The first-order chi connectivity index (χ1) is 14.6. The van der Waals surface area contributed by atoms with Gasteiger partial charge in [0.05, 0.1) is 0 Å². The lowest BCUT2D eigenvalue weighted by Crippen LogP contribution is -2.72. The molecule has 0 aromatic heterocycles. The van der Waals surface area contributed by atoms with Crippen LogP contribution >= 0.6 is 0 Å². The molecule has 4 rings (SSSR count). The van der Waals surface area contributed by atoms with Crippen molar-refractivity contribution >= 4 is 38.3 Å². The maximum Gasteiger partial charge on any atom is 0.381 e. The van der Waals surface area contributed by atoms with Gasteiger partial charge in [-0.25, -0.2) is 0 Å². The van der Waals surface area contributed by atoms with Gasteiger partial charge in [0.2, 0.25) is 0 Å². The average molecular weight is 426 g/mol. The van der Waals surface area contributed by atoms with Crippen LogP contribution in [0.5, 0.6) is 0 Å². The van der Waals surface area contributed by atoms with Crippen LogP contribution in [0, 0.1) is 13.8 Å². The van der Waals surface area contributed by atoms with Crippen molar-refractivity contribution < 1.29 is 8.91 Å². The summed E-state index contributed by atoms with van der Waals surface area (Å²) < 4.78 is 6.84. The van der Waals surface area contributed by atoms with Gasteiger partial charge in [0.1, 0.15) is 0 Å². The van der Waals surface area contributed by atoms with Crippen molar-refractivity contribution in [3.8, 4) is 0 Å². The highest BCUT2D eigenvalue weighted by Crippen LogP contribution is 2.13. The number of benzene rings is 4. The molecule has 149 valence electrons. The van der Waals surface area contributed by atoms with E-state index < -0.39 is 17.6 Å². The SMILES string of the molecule is Cc1cccc([SiH]([O])O[Si](c2ccccc2)(c2ccccc2)c2ccccc2)c1C. The summed E-state index contributed by atoms with van der Waals surface area (Å²) >= 11 is 0. The Morgan fingerprint density at radius 3 is 1.47 bits per heavy atom. The van der Waals surface area contributed by atoms with Gasteiger partial charge in [-0.05, 0) is 45.7 Å². The van der Waals surface area contributed by atoms with Crippen LogP contribution in [0.3, 0.4) is 0 Å². The quantitative estimate of drug-likeness (QED) is 0.345. The molecular formula is C26H25O2Si2. The number of hydrogen-bond acceptors (Lipinski definition) is 1. The molecule has 0 spiro atoms. The first kappa shape index (κ1) is 20.5. The zero-order chi connectivity index (χ0) is 21.0. The topological polar surface area (TPSA) is 29.1 Å². The Labute approximate surface area is 181 Å². The Hall–Kier alpha value is -2.77. The Morgan fingerprint density at radius 2 is 1.03 bits per heavy atom. The third kappa shape index (κ3) is 3.83. The molecule has 0 N–H and O–H groups in total. The molecule has 4 aromatic rings. The Kier molecular flexibility index (Phi) is 6.11. The number of hydrogen-bond donors (Lipinski definition) is 0. The third-order valence-corrected chi connectivity index (χ3v) is 12.6. The van der Waals surface area contributed by atoms with Crippen LogP contribution in [-0.4, -0.2) is 17.6 Å². The van der Waals surface area contributed by atoms with E-state index in [-0.39, 0.29) is 0 Å². The summed E-state index contributed by atoms with van der Waals surface area (Å²) in [4.78, 5) is 13.8. The van der Waals surface area contributed by atoms with E-state index in [2.05, 4.69) is 49.4 Å². The van der Waals surface area contributed by atoms with Crippen LogP contribution in [0.1, 0.15) is 11.1 Å². The second kappa shape index (κ2) is 8.94. The van der Waals surface area contributed by atoms with Gasteiger partial charge in [-0.2, -0.15) is 0 Å². The summed E-state index contributed by atoms with van der Waals surface area (Å²) in [6.07, 6.45) is 0. The molecular weight excluding hydrogens is 400 g/mol. The standard InChI is InChI=1S/C26H25O2Si2/c1-21-13-12-20-26(22(21)2)29(27)28-30(23-14-6-3-7-15-23,24-16-8-4-9-17-24)25-18-10-5-11-19-25/h3-20,29H,1-2H3. The highest BCUT2D eigenvalue weighted by molar-refractivity contribution is 7.09. The van der Waals surface area contributed by atoms with Crippen LogP contribution < -0.4 is 20.7 Å². The van der Waals surface area contributed by atoms with Crippen molar-refractivity contribution in [2.75, 3.05) is 0 Å². The number of aryl methyl sites for hydroxylation is 1. The molecule has 0 fully saturated rings. The maximum atomic E-state index is 13.8. The van der Waals surface area contributed by atoms with Crippen molar-refractivity contribution in [1.29, 1.82) is 0 Å². The van der Waals surface area contributed by atoms with E-state index >= 15 is 0 Å². The van der Waals surface area contributed by atoms with Crippen molar-refractivity contribution in [3.63, 3.8) is 0 Å². The molecule has 30 heavy (non-hydrogen) atoms. The zero-order valence-corrected chi connectivity index (χ0v) is 19.4. The molecule has 4 heteroatoms. The average Bonchev–Trinajstić information content (AvgIpc) is 2.81. The van der Waals surface area contributed by atoms with Crippen LogP contribution in [0.25, 0.3) is 0 Å². The van der Waals surface area contributed by atoms with Crippen molar-refractivity contribution in [3.05, 3.63) is 120 Å². The molecule has 1 unspecified atom stereocenters. The Balaban J connectivity index is 1.94. The summed E-state index contributed by atoms with van der Waals surface area (Å²) in [5, 5.41) is 4.14. The van der Waals surface area contributed by atoms with E-state index in [1.54, 1.807) is 0 Å². The van der Waals surface area contributed by atoms with E-state index in [1.165, 1.54) is 0 Å². The summed E-state index contributed by atoms with van der Waals surface area (Å²) in [7, 11) is -5.91. The number of rotatable bonds is 6. The van der Waals surface area contributed by atoms with Gasteiger partial charge in [0.25, 0.3) is 8.32 Å². The molecule has 0 aliphatic carbocycles. The fourth-order valence-corrected chi connectivity index (χ4v) is 11.2. The highest BCUT2D eigenvalue weighted by Gasteiger charge is 2.44. The second-order valence-corrected chi connectivity index (χ2v) is 12.8. The highest BCUT2D eigenvalue weighted by atomic mass is 28.4. The summed E-state index contributed by atoms with van der Waals surface area (Å²) in [5.41, 5.74) is 2.19. The largest absolute Gasteiger partial charge is 0.422 e. The van der Waals surface area contributed by atoms with Crippen molar-refractivity contribution in [2.45, 2.75) is 13.8 Å². The van der Waals surface area contributed by atoms with E-state index in [9.17, 15) is 4.80 Å². The first-order valence-electron chi connectivity index (χ1n) is 10.2. The lowest BCUT2D eigenvalue weighted by atomic mass is 10.1. The predicted molar refractivity (Wildman–Crippen MR) is 128 cm³/mol. The monoisotopic (exact) mass is 425 g/mol. The first-order valence-corrected chi connectivity index (χ1v) is 13.6. The minimum Gasteiger partial charge on any atom is -0.422 e. The minimum absolute atomic E-state index is 0.842. The van der Waals surface area contributed by atoms with Gasteiger partial charge in [-0.15, -0.1) is 0 Å².